The summed E-state index contributed by atoms with van der Waals surface area (Å²) in [7, 11) is 3.48. The number of aryl methyl sites for hydroxylation is 1. The van der Waals surface area contributed by atoms with E-state index in [1.54, 1.807) is 11.8 Å². The van der Waals surface area contributed by atoms with Crippen LogP contribution in [-0.4, -0.2) is 54.1 Å². The summed E-state index contributed by atoms with van der Waals surface area (Å²) in [6, 6.07) is 5.71. The first kappa shape index (κ1) is 16.9. The number of carbonyl (C=O) groups excluding carboxylic acids is 1. The molecule has 0 radical (unpaired) electrons. The third-order valence-corrected chi connectivity index (χ3v) is 4.95. The van der Waals surface area contributed by atoms with Crippen LogP contribution in [0.15, 0.2) is 24.4 Å². The van der Waals surface area contributed by atoms with E-state index in [9.17, 15) is 4.79 Å². The van der Waals surface area contributed by atoms with Gasteiger partial charge in [0.1, 0.15) is 18.1 Å². The molecule has 0 spiro atoms. The van der Waals surface area contributed by atoms with Crippen LogP contribution in [0, 0.1) is 0 Å². The molecule has 26 heavy (non-hydrogen) atoms. The molecule has 0 bridgehead atoms. The predicted molar refractivity (Wildman–Crippen MR) is 94.6 cm³/mol. The maximum atomic E-state index is 13.2. The maximum Gasteiger partial charge on any atom is 0.257 e. The normalized spacial score (nSPS) is 19.6. The number of hydrogen-bond acceptors (Lipinski definition) is 5. The van der Waals surface area contributed by atoms with E-state index in [2.05, 4.69) is 5.10 Å². The molecule has 1 atom stereocenters. The lowest BCUT2D eigenvalue weighted by Crippen LogP contribution is -2.33. The maximum absolute atomic E-state index is 13.2. The smallest absolute Gasteiger partial charge is 0.257 e. The molecule has 7 nitrogen and oxygen atoms in total. The lowest BCUT2D eigenvalue weighted by molar-refractivity contribution is 0.0731. The first-order valence-corrected chi connectivity index (χ1v) is 8.86. The van der Waals surface area contributed by atoms with E-state index in [4.69, 9.17) is 14.2 Å². The monoisotopic (exact) mass is 357 g/mol. The number of rotatable bonds is 3. The summed E-state index contributed by atoms with van der Waals surface area (Å²) in [4.78, 5) is 15.1. The van der Waals surface area contributed by atoms with Crippen LogP contribution in [0.5, 0.6) is 11.5 Å². The van der Waals surface area contributed by atoms with Crippen LogP contribution < -0.4 is 9.47 Å². The number of amides is 1. The second-order valence-corrected chi connectivity index (χ2v) is 6.71. The summed E-state index contributed by atoms with van der Waals surface area (Å²) in [5.74, 6) is 1.71. The van der Waals surface area contributed by atoms with Gasteiger partial charge in [0.2, 0.25) is 0 Å². The summed E-state index contributed by atoms with van der Waals surface area (Å²) >= 11 is 0. The Hall–Kier alpha value is -2.54. The standard InChI is InChI=1S/C19H23N3O4/c1-21-11-16(18(20-21)14-5-7-25-12-14)19(23)22-6-8-26-17-9-15(24-2)4-3-13(17)10-22/h3-4,9,11,14H,5-8,10,12H2,1-2H3. The number of aromatic nitrogens is 2. The topological polar surface area (TPSA) is 65.8 Å². The number of fused-ring (bicyclic) bond motifs is 1. The Bertz CT molecular complexity index is 811. The highest BCUT2D eigenvalue weighted by Crippen LogP contribution is 2.30. The Labute approximate surface area is 152 Å². The van der Waals surface area contributed by atoms with E-state index in [1.807, 2.05) is 36.3 Å². The van der Waals surface area contributed by atoms with Crippen molar-refractivity contribution in [1.82, 2.24) is 14.7 Å². The molecule has 4 rings (SSSR count). The van der Waals surface area contributed by atoms with E-state index in [-0.39, 0.29) is 11.8 Å². The van der Waals surface area contributed by atoms with Crippen LogP contribution in [0.1, 0.15) is 34.0 Å². The van der Waals surface area contributed by atoms with Gasteiger partial charge in [0.05, 0.1) is 31.5 Å². The third kappa shape index (κ3) is 3.14. The molecule has 0 aliphatic carbocycles. The highest BCUT2D eigenvalue weighted by atomic mass is 16.5. The molecule has 0 saturated carbocycles. The number of ether oxygens (including phenoxy) is 3. The summed E-state index contributed by atoms with van der Waals surface area (Å²) in [6.07, 6.45) is 2.72. The molecule has 2 aliphatic heterocycles. The number of hydrogen-bond donors (Lipinski definition) is 0. The van der Waals surface area contributed by atoms with Crippen molar-refractivity contribution in [1.29, 1.82) is 0 Å². The van der Waals surface area contributed by atoms with Crippen molar-refractivity contribution < 1.29 is 19.0 Å². The minimum Gasteiger partial charge on any atom is -0.497 e. The number of nitrogens with zero attached hydrogens (tertiary/aromatic N) is 3. The molecule has 1 amide bonds. The summed E-state index contributed by atoms with van der Waals surface area (Å²) < 4.78 is 18.3. The lowest BCUT2D eigenvalue weighted by Gasteiger charge is -2.20. The van der Waals surface area contributed by atoms with Crippen molar-refractivity contribution in [2.45, 2.75) is 18.9 Å². The van der Waals surface area contributed by atoms with Crippen molar-refractivity contribution in [3.05, 3.63) is 41.2 Å². The fourth-order valence-electron chi connectivity index (χ4n) is 3.54. The van der Waals surface area contributed by atoms with Crippen LogP contribution in [-0.2, 0) is 18.3 Å². The van der Waals surface area contributed by atoms with E-state index >= 15 is 0 Å². The molecule has 1 saturated heterocycles. The first-order valence-electron chi connectivity index (χ1n) is 8.86. The van der Waals surface area contributed by atoms with Crippen LogP contribution >= 0.6 is 0 Å². The summed E-state index contributed by atoms with van der Waals surface area (Å²) in [5.41, 5.74) is 2.49. The van der Waals surface area contributed by atoms with Gasteiger partial charge in [-0.05, 0) is 18.6 Å². The largest absolute Gasteiger partial charge is 0.497 e. The zero-order chi connectivity index (χ0) is 18.1. The highest BCUT2D eigenvalue weighted by Gasteiger charge is 2.30. The van der Waals surface area contributed by atoms with Gasteiger partial charge in [-0.15, -0.1) is 0 Å². The molecule has 7 heteroatoms. The zero-order valence-corrected chi connectivity index (χ0v) is 15.1. The van der Waals surface area contributed by atoms with Crippen LogP contribution in [0.2, 0.25) is 0 Å². The second-order valence-electron chi connectivity index (χ2n) is 6.71. The molecule has 138 valence electrons. The van der Waals surface area contributed by atoms with Gasteiger partial charge in [0.25, 0.3) is 5.91 Å². The average Bonchev–Trinajstić information content (AvgIpc) is 3.25. The lowest BCUT2D eigenvalue weighted by atomic mass is 10.0. The molecule has 2 aliphatic rings. The highest BCUT2D eigenvalue weighted by molar-refractivity contribution is 5.95. The molecule has 0 N–H and O–H groups in total. The fourth-order valence-corrected chi connectivity index (χ4v) is 3.54. The SMILES string of the molecule is COc1ccc2c(c1)OCCN(C(=O)c1cn(C)nc1C1CCOC1)C2. The van der Waals surface area contributed by atoms with E-state index in [0.717, 1.165) is 35.8 Å². The van der Waals surface area contributed by atoms with E-state index in [1.165, 1.54) is 0 Å². The molecule has 2 aromatic rings. The van der Waals surface area contributed by atoms with Crippen LogP contribution in [0.25, 0.3) is 0 Å². The molecule has 1 aromatic heterocycles. The van der Waals surface area contributed by atoms with Gasteiger partial charge in [0.15, 0.2) is 0 Å². The Morgan fingerprint density at radius 2 is 2.23 bits per heavy atom. The number of benzene rings is 1. The third-order valence-electron chi connectivity index (χ3n) is 4.95. The first-order chi connectivity index (χ1) is 12.7. The zero-order valence-electron chi connectivity index (χ0n) is 15.1. The van der Waals surface area contributed by atoms with Gasteiger partial charge in [-0.3, -0.25) is 9.48 Å². The predicted octanol–water partition coefficient (Wildman–Crippen LogP) is 1.97. The van der Waals surface area contributed by atoms with E-state index < -0.39 is 0 Å². The van der Waals surface area contributed by atoms with Crippen molar-refractivity contribution in [3.8, 4) is 11.5 Å². The van der Waals surface area contributed by atoms with Gasteiger partial charge in [0, 0.05) is 43.9 Å². The van der Waals surface area contributed by atoms with Crippen molar-refractivity contribution in [2.75, 3.05) is 33.5 Å². The van der Waals surface area contributed by atoms with Crippen molar-refractivity contribution in [2.24, 2.45) is 7.05 Å². The fraction of sp³-hybridized carbons (Fsp3) is 0.474. The molecular weight excluding hydrogens is 334 g/mol. The quantitative estimate of drug-likeness (QED) is 0.840. The second kappa shape index (κ2) is 6.99. The summed E-state index contributed by atoms with van der Waals surface area (Å²) in [5, 5.41) is 4.54. The van der Waals surface area contributed by atoms with Gasteiger partial charge in [-0.2, -0.15) is 5.10 Å². The minimum absolute atomic E-state index is 0.00716. The Balaban J connectivity index is 1.60. The van der Waals surface area contributed by atoms with Gasteiger partial charge >= 0.3 is 0 Å². The summed E-state index contributed by atoms with van der Waals surface area (Å²) in [6.45, 7) is 2.84. The van der Waals surface area contributed by atoms with Crippen molar-refractivity contribution in [3.63, 3.8) is 0 Å². The Morgan fingerprint density at radius 1 is 1.35 bits per heavy atom. The van der Waals surface area contributed by atoms with Gasteiger partial charge in [-0.1, -0.05) is 0 Å². The van der Waals surface area contributed by atoms with Crippen LogP contribution in [0.3, 0.4) is 0 Å². The molecule has 1 aromatic carbocycles. The van der Waals surface area contributed by atoms with Gasteiger partial charge < -0.3 is 19.1 Å². The van der Waals surface area contributed by atoms with Gasteiger partial charge in [-0.25, -0.2) is 0 Å². The molecule has 3 heterocycles. The number of methoxy groups -OCH3 is 1. The molecule has 1 fully saturated rings. The van der Waals surface area contributed by atoms with E-state index in [0.29, 0.717) is 31.9 Å². The number of carbonyl (C=O) groups is 1. The van der Waals surface area contributed by atoms with Crippen molar-refractivity contribution >= 4 is 5.91 Å². The molecular formula is C19H23N3O4. The molecule has 1 unspecified atom stereocenters. The van der Waals surface area contributed by atoms with Crippen LogP contribution in [0.4, 0.5) is 0 Å². The average molecular weight is 357 g/mol. The Kier molecular flexibility index (Phi) is 4.55. The minimum atomic E-state index is -0.00716. The Morgan fingerprint density at radius 3 is 3.00 bits per heavy atom.